The Morgan fingerprint density at radius 3 is 2.83 bits per heavy atom. The summed E-state index contributed by atoms with van der Waals surface area (Å²) in [6.45, 7) is 8.15. The molecule has 2 aliphatic heterocycles. The molecule has 0 amide bonds. The van der Waals surface area contributed by atoms with Gasteiger partial charge in [0.25, 0.3) is 0 Å². The van der Waals surface area contributed by atoms with Crippen molar-refractivity contribution in [3.63, 3.8) is 0 Å². The normalized spacial score (nSPS) is 44.3. The van der Waals surface area contributed by atoms with Crippen molar-refractivity contribution in [2.45, 2.75) is 37.9 Å². The SMILES string of the molecule is C=CC1OCC2OC(C)(C)OC12. The molecule has 0 spiro atoms. The molecule has 0 aromatic rings. The molecular formula is C9H14O3. The molecule has 0 bridgehead atoms. The Kier molecular flexibility index (Phi) is 1.75. The van der Waals surface area contributed by atoms with Crippen LogP contribution in [0, 0.1) is 0 Å². The lowest BCUT2D eigenvalue weighted by Crippen LogP contribution is -2.27. The van der Waals surface area contributed by atoms with E-state index < -0.39 is 5.79 Å². The third-order valence-corrected chi connectivity index (χ3v) is 2.23. The minimum Gasteiger partial charge on any atom is -0.369 e. The summed E-state index contributed by atoms with van der Waals surface area (Å²) in [5, 5.41) is 0. The van der Waals surface area contributed by atoms with Crippen LogP contribution in [0.1, 0.15) is 13.8 Å². The second-order valence-electron chi connectivity index (χ2n) is 3.67. The van der Waals surface area contributed by atoms with Crippen LogP contribution in [0.3, 0.4) is 0 Å². The zero-order valence-electron chi connectivity index (χ0n) is 7.45. The monoisotopic (exact) mass is 170 g/mol. The van der Waals surface area contributed by atoms with E-state index in [2.05, 4.69) is 6.58 Å². The van der Waals surface area contributed by atoms with Crippen molar-refractivity contribution in [3.8, 4) is 0 Å². The lowest BCUT2D eigenvalue weighted by atomic mass is 10.1. The van der Waals surface area contributed by atoms with Crippen LogP contribution in [0.2, 0.25) is 0 Å². The number of fused-ring (bicyclic) bond motifs is 1. The average molecular weight is 170 g/mol. The molecule has 0 radical (unpaired) electrons. The molecule has 2 rings (SSSR count). The Labute approximate surface area is 72.3 Å². The highest BCUT2D eigenvalue weighted by Crippen LogP contribution is 2.35. The van der Waals surface area contributed by atoms with Gasteiger partial charge in [-0.25, -0.2) is 0 Å². The molecule has 0 aromatic heterocycles. The standard InChI is InChI=1S/C9H14O3/c1-4-6-8-7(5-10-6)11-9(2,3)12-8/h4,6-8H,1,5H2,2-3H3. The van der Waals surface area contributed by atoms with Gasteiger partial charge in [-0.1, -0.05) is 6.08 Å². The van der Waals surface area contributed by atoms with Gasteiger partial charge in [0, 0.05) is 0 Å². The predicted molar refractivity (Wildman–Crippen MR) is 43.8 cm³/mol. The van der Waals surface area contributed by atoms with Crippen LogP contribution in [0.5, 0.6) is 0 Å². The van der Waals surface area contributed by atoms with Gasteiger partial charge >= 0.3 is 0 Å². The summed E-state index contributed by atoms with van der Waals surface area (Å²) in [6.07, 6.45) is 1.90. The summed E-state index contributed by atoms with van der Waals surface area (Å²) in [5.74, 6) is -0.458. The Bertz CT molecular complexity index is 200. The maximum atomic E-state index is 5.66. The van der Waals surface area contributed by atoms with Gasteiger partial charge in [0.1, 0.15) is 18.3 Å². The van der Waals surface area contributed by atoms with Gasteiger partial charge in [0.05, 0.1) is 6.61 Å². The van der Waals surface area contributed by atoms with Gasteiger partial charge in [-0.2, -0.15) is 0 Å². The maximum absolute atomic E-state index is 5.66. The van der Waals surface area contributed by atoms with E-state index in [0.29, 0.717) is 6.61 Å². The lowest BCUT2D eigenvalue weighted by Gasteiger charge is -2.19. The Morgan fingerprint density at radius 2 is 2.17 bits per heavy atom. The summed E-state index contributed by atoms with van der Waals surface area (Å²) in [7, 11) is 0. The van der Waals surface area contributed by atoms with Crippen LogP contribution in [0.25, 0.3) is 0 Å². The molecule has 2 heterocycles. The highest BCUT2D eigenvalue weighted by Gasteiger charge is 2.48. The number of hydrogen-bond donors (Lipinski definition) is 0. The van der Waals surface area contributed by atoms with E-state index in [1.165, 1.54) is 0 Å². The number of ether oxygens (including phenoxy) is 3. The summed E-state index contributed by atoms with van der Waals surface area (Å²) >= 11 is 0. The quantitative estimate of drug-likeness (QED) is 0.551. The zero-order chi connectivity index (χ0) is 8.77. The third-order valence-electron chi connectivity index (χ3n) is 2.23. The summed E-state index contributed by atoms with van der Waals surface area (Å²) in [4.78, 5) is 0. The molecule has 2 saturated heterocycles. The Hall–Kier alpha value is -0.380. The van der Waals surface area contributed by atoms with E-state index in [1.54, 1.807) is 6.08 Å². The number of hydrogen-bond acceptors (Lipinski definition) is 3. The smallest absolute Gasteiger partial charge is 0.164 e. The van der Waals surface area contributed by atoms with Crippen molar-refractivity contribution in [2.24, 2.45) is 0 Å². The lowest BCUT2D eigenvalue weighted by molar-refractivity contribution is -0.170. The minimum absolute atomic E-state index is 0.00299. The van der Waals surface area contributed by atoms with Crippen molar-refractivity contribution in [1.29, 1.82) is 0 Å². The summed E-state index contributed by atoms with van der Waals surface area (Å²) in [5.41, 5.74) is 0. The predicted octanol–water partition coefficient (Wildman–Crippen LogP) is 1.09. The van der Waals surface area contributed by atoms with E-state index in [9.17, 15) is 0 Å². The van der Waals surface area contributed by atoms with Crippen molar-refractivity contribution in [2.75, 3.05) is 6.61 Å². The molecule has 12 heavy (non-hydrogen) atoms. The van der Waals surface area contributed by atoms with E-state index in [1.807, 2.05) is 13.8 Å². The molecule has 0 saturated carbocycles. The molecule has 0 aromatic carbocycles. The topological polar surface area (TPSA) is 27.7 Å². The van der Waals surface area contributed by atoms with Crippen molar-refractivity contribution < 1.29 is 14.2 Å². The van der Waals surface area contributed by atoms with E-state index in [0.717, 1.165) is 0 Å². The van der Waals surface area contributed by atoms with Crippen molar-refractivity contribution in [1.82, 2.24) is 0 Å². The van der Waals surface area contributed by atoms with Gasteiger partial charge in [-0.3, -0.25) is 0 Å². The fraction of sp³-hybridized carbons (Fsp3) is 0.778. The fourth-order valence-corrected chi connectivity index (χ4v) is 1.77. The van der Waals surface area contributed by atoms with Crippen LogP contribution in [0.4, 0.5) is 0 Å². The third kappa shape index (κ3) is 1.18. The molecule has 0 aliphatic carbocycles. The molecular weight excluding hydrogens is 156 g/mol. The van der Waals surface area contributed by atoms with Crippen LogP contribution < -0.4 is 0 Å². The second kappa shape index (κ2) is 2.55. The van der Waals surface area contributed by atoms with Crippen molar-refractivity contribution in [3.05, 3.63) is 12.7 Å². The highest BCUT2D eigenvalue weighted by atomic mass is 16.8. The first-order valence-corrected chi connectivity index (χ1v) is 4.22. The molecule has 3 nitrogen and oxygen atoms in total. The van der Waals surface area contributed by atoms with Crippen LogP contribution in [-0.2, 0) is 14.2 Å². The number of rotatable bonds is 1. The summed E-state index contributed by atoms with van der Waals surface area (Å²) in [6, 6.07) is 0. The Morgan fingerprint density at radius 1 is 1.42 bits per heavy atom. The second-order valence-corrected chi connectivity index (χ2v) is 3.67. The molecule has 2 aliphatic rings. The highest BCUT2D eigenvalue weighted by molar-refractivity contribution is 4.99. The van der Waals surface area contributed by atoms with Gasteiger partial charge < -0.3 is 14.2 Å². The molecule has 2 fully saturated rings. The average Bonchev–Trinajstić information content (AvgIpc) is 2.42. The van der Waals surface area contributed by atoms with E-state index >= 15 is 0 Å². The van der Waals surface area contributed by atoms with Gasteiger partial charge in [-0.05, 0) is 13.8 Å². The molecule has 0 N–H and O–H groups in total. The van der Waals surface area contributed by atoms with Gasteiger partial charge in [0.15, 0.2) is 5.79 Å². The molecule has 3 unspecified atom stereocenters. The van der Waals surface area contributed by atoms with Gasteiger partial charge in [0.2, 0.25) is 0 Å². The van der Waals surface area contributed by atoms with Crippen LogP contribution in [0.15, 0.2) is 12.7 Å². The van der Waals surface area contributed by atoms with E-state index in [4.69, 9.17) is 14.2 Å². The largest absolute Gasteiger partial charge is 0.369 e. The van der Waals surface area contributed by atoms with E-state index in [-0.39, 0.29) is 18.3 Å². The first kappa shape index (κ1) is 8.23. The first-order valence-electron chi connectivity index (χ1n) is 4.22. The molecule has 3 atom stereocenters. The van der Waals surface area contributed by atoms with Crippen LogP contribution in [-0.4, -0.2) is 30.7 Å². The van der Waals surface area contributed by atoms with Crippen molar-refractivity contribution >= 4 is 0 Å². The summed E-state index contributed by atoms with van der Waals surface area (Å²) < 4.78 is 16.7. The zero-order valence-corrected chi connectivity index (χ0v) is 7.45. The molecule has 3 heteroatoms. The first-order chi connectivity index (χ1) is 5.62. The minimum atomic E-state index is -0.458. The Balaban J connectivity index is 2.11. The maximum Gasteiger partial charge on any atom is 0.164 e. The van der Waals surface area contributed by atoms with Gasteiger partial charge in [-0.15, -0.1) is 6.58 Å². The van der Waals surface area contributed by atoms with Crippen LogP contribution >= 0.6 is 0 Å². The fourth-order valence-electron chi connectivity index (χ4n) is 1.77. The molecule has 68 valence electrons.